The Morgan fingerprint density at radius 2 is 0.893 bits per heavy atom. The molecule has 0 atom stereocenters. The summed E-state index contributed by atoms with van der Waals surface area (Å²) in [7, 11) is -1.31. The van der Waals surface area contributed by atoms with Gasteiger partial charge in [-0.2, -0.15) is 0 Å². The van der Waals surface area contributed by atoms with Crippen molar-refractivity contribution in [3.8, 4) is 0 Å². The molecule has 7 heterocycles. The molecule has 2 N–H and O–H groups in total. The van der Waals surface area contributed by atoms with Crippen molar-refractivity contribution in [3.05, 3.63) is 41.1 Å². The maximum Gasteiger partial charge on any atom is 0.496 e. The Balaban J connectivity index is 0.000000165. The second-order valence-electron chi connectivity index (χ2n) is 18.8. The van der Waals surface area contributed by atoms with Crippen LogP contribution in [-0.2, 0) is 27.9 Å². The first-order valence-electron chi connectivity index (χ1n) is 20.4. The van der Waals surface area contributed by atoms with Gasteiger partial charge in [-0.3, -0.25) is 0 Å². The van der Waals surface area contributed by atoms with Crippen molar-refractivity contribution in [2.45, 2.75) is 142 Å². The third kappa shape index (κ3) is 10.3. The average molecular weight is 843 g/mol. The van der Waals surface area contributed by atoms with E-state index in [0.29, 0.717) is 25.0 Å². The Morgan fingerprint density at radius 1 is 0.554 bits per heavy atom. The number of rotatable bonds is 6. The molecule has 310 valence electrons. The summed E-state index contributed by atoms with van der Waals surface area (Å²) >= 11 is 3.38. The predicted octanol–water partition coefficient (Wildman–Crippen LogP) is 5.89. The van der Waals surface area contributed by atoms with E-state index in [0.717, 1.165) is 73.4 Å². The van der Waals surface area contributed by atoms with Crippen molar-refractivity contribution in [3.63, 3.8) is 0 Å². The zero-order chi connectivity index (χ0) is 41.3. The highest BCUT2D eigenvalue weighted by molar-refractivity contribution is 9.10. The summed E-state index contributed by atoms with van der Waals surface area (Å²) in [5.74, 6) is 2.95. The molecule has 0 aromatic carbocycles. The largest absolute Gasteiger partial charge is 0.496 e. The summed E-state index contributed by atoms with van der Waals surface area (Å²) in [5.41, 5.74) is -1.14. The van der Waals surface area contributed by atoms with Crippen LogP contribution < -0.4 is 15.3 Å². The zero-order valence-electron chi connectivity index (χ0n) is 35.9. The van der Waals surface area contributed by atoms with E-state index in [-0.39, 0.29) is 40.7 Å². The Hall–Kier alpha value is -1.75. The Morgan fingerprint density at radius 3 is 1.20 bits per heavy atom. The molecule has 2 aromatic rings. The van der Waals surface area contributed by atoms with Crippen LogP contribution in [0.25, 0.3) is 0 Å². The zero-order valence-corrected chi connectivity index (χ0v) is 37.5. The van der Waals surface area contributed by atoms with Gasteiger partial charge < -0.3 is 47.9 Å². The second kappa shape index (κ2) is 17.5. The molecule has 12 nitrogen and oxygen atoms in total. The first-order chi connectivity index (χ1) is 26.0. The van der Waals surface area contributed by atoms with Crippen LogP contribution in [-0.4, -0.2) is 114 Å². The molecule has 56 heavy (non-hydrogen) atoms. The number of aliphatic hydroxyl groups excluding tert-OH is 2. The molecule has 16 heteroatoms. The summed E-state index contributed by atoms with van der Waals surface area (Å²) in [5, 5.41) is 18.3. The van der Waals surface area contributed by atoms with E-state index in [2.05, 4.69) is 63.4 Å². The van der Waals surface area contributed by atoms with Gasteiger partial charge in [-0.05, 0) is 155 Å². The minimum atomic E-state index is -0.476. The number of pyridine rings is 2. The molecule has 5 aliphatic rings. The fraction of sp³-hybridized carbons (Fsp3) is 0.750. The smallest absolute Gasteiger partial charge is 0.405 e. The monoisotopic (exact) mass is 842 g/mol. The number of aliphatic hydroxyl groups is 2. The van der Waals surface area contributed by atoms with Gasteiger partial charge in [-0.1, -0.05) is 6.07 Å². The van der Waals surface area contributed by atoms with Crippen LogP contribution in [0.2, 0.25) is 0 Å². The molecule has 5 saturated heterocycles. The van der Waals surface area contributed by atoms with Gasteiger partial charge in [-0.25, -0.2) is 9.97 Å². The highest BCUT2D eigenvalue weighted by Gasteiger charge is 2.63. The van der Waals surface area contributed by atoms with Crippen LogP contribution in [0.3, 0.4) is 0 Å². The number of aromatic nitrogens is 2. The summed E-state index contributed by atoms with van der Waals surface area (Å²) < 4.78 is 37.0. The lowest BCUT2D eigenvalue weighted by molar-refractivity contribution is 0.00578. The summed E-state index contributed by atoms with van der Waals surface area (Å²) in [6.45, 7) is 29.0. The van der Waals surface area contributed by atoms with Crippen molar-refractivity contribution < 1.29 is 38.1 Å². The minimum Gasteiger partial charge on any atom is -0.405 e. The first-order valence-corrected chi connectivity index (χ1v) is 21.1. The molecule has 5 aliphatic heterocycles. The SMILES string of the molecule is CC1(C)OB(B2OC(C)(C)C(C)(C)O2)OC1(C)C.CC1(C)OB(c2ccc(N3CCC(CO)CC3)nc2)OC1(C)C.OCC1CCN(c2ccc(Br)cn2)CC1. The van der Waals surface area contributed by atoms with Crippen molar-refractivity contribution in [2.24, 2.45) is 11.8 Å². The van der Waals surface area contributed by atoms with E-state index in [1.54, 1.807) is 0 Å². The van der Waals surface area contributed by atoms with Gasteiger partial charge in [0.15, 0.2) is 0 Å². The van der Waals surface area contributed by atoms with Crippen molar-refractivity contribution in [2.75, 3.05) is 49.2 Å². The number of nitrogens with zero attached hydrogens (tertiary/aromatic N) is 4. The number of halogens is 1. The molecule has 2 aromatic heterocycles. The van der Waals surface area contributed by atoms with Gasteiger partial charge in [0.05, 0.1) is 33.6 Å². The van der Waals surface area contributed by atoms with Gasteiger partial charge in [0.1, 0.15) is 11.6 Å². The third-order valence-corrected chi connectivity index (χ3v) is 13.6. The summed E-state index contributed by atoms with van der Waals surface area (Å²) in [4.78, 5) is 13.5. The lowest BCUT2D eigenvalue weighted by Crippen LogP contribution is -2.41. The number of hydrogen-bond acceptors (Lipinski definition) is 12. The van der Waals surface area contributed by atoms with E-state index in [9.17, 15) is 5.11 Å². The van der Waals surface area contributed by atoms with Crippen LogP contribution in [0, 0.1) is 11.8 Å². The van der Waals surface area contributed by atoms with E-state index in [1.807, 2.05) is 92.0 Å². The Bertz CT molecular complexity index is 1490. The molecule has 0 bridgehead atoms. The molecule has 0 aliphatic carbocycles. The van der Waals surface area contributed by atoms with E-state index >= 15 is 0 Å². The van der Waals surface area contributed by atoms with Crippen molar-refractivity contribution >= 4 is 54.2 Å². The average Bonchev–Trinajstić information content (AvgIpc) is 3.62. The van der Waals surface area contributed by atoms with Gasteiger partial charge in [0.2, 0.25) is 0 Å². The van der Waals surface area contributed by atoms with Crippen LogP contribution in [0.1, 0.15) is 109 Å². The number of hydrogen-bond donors (Lipinski definition) is 2. The van der Waals surface area contributed by atoms with Crippen LogP contribution in [0.5, 0.6) is 0 Å². The molecule has 0 radical (unpaired) electrons. The standard InChI is InChI=1S/C17H27BN2O3.C12H24B2O4.C11H15BrN2O/c1-16(2)17(3,4)23-18(22-16)14-5-6-15(19-11-14)20-9-7-13(12-21)8-10-20;1-9(2)10(3,4)16-13(15-9)14-17-11(5,6)12(7,8)18-14;12-10-1-2-11(13-7-10)14-5-3-9(8-15)4-6-14/h5-6,11,13,21H,7-10,12H2,1-4H3;1-8H3;1-2,7,9,15H,3-6,8H2. The number of piperidine rings is 2. The predicted molar refractivity (Wildman–Crippen MR) is 228 cm³/mol. The second-order valence-corrected chi connectivity index (χ2v) is 19.8. The maximum absolute atomic E-state index is 9.23. The lowest BCUT2D eigenvalue weighted by atomic mass is 9.49. The third-order valence-electron chi connectivity index (χ3n) is 13.2. The number of anilines is 2. The Kier molecular flexibility index (Phi) is 14.1. The fourth-order valence-electron chi connectivity index (χ4n) is 6.95. The summed E-state index contributed by atoms with van der Waals surface area (Å²) in [6.07, 6.45) is 7.86. The van der Waals surface area contributed by atoms with Crippen molar-refractivity contribution in [1.82, 2.24) is 9.97 Å². The van der Waals surface area contributed by atoms with Gasteiger partial charge in [-0.15, -0.1) is 0 Å². The summed E-state index contributed by atoms with van der Waals surface area (Å²) in [6, 6.07) is 8.13. The Labute approximate surface area is 345 Å². The first kappa shape index (κ1) is 45.3. The minimum absolute atomic E-state index is 0.294. The van der Waals surface area contributed by atoms with E-state index < -0.39 is 14.0 Å². The molecule has 5 fully saturated rings. The lowest BCUT2D eigenvalue weighted by Gasteiger charge is -2.32. The van der Waals surface area contributed by atoms with Gasteiger partial charge in [0.25, 0.3) is 0 Å². The molecular weight excluding hydrogens is 777 g/mol. The molecule has 0 unspecified atom stereocenters. The van der Waals surface area contributed by atoms with Gasteiger partial charge in [0, 0.05) is 61.7 Å². The normalized spacial score (nSPS) is 25.1. The molecular formula is C40H66B3BrN4O8. The highest BCUT2D eigenvalue weighted by atomic mass is 79.9. The van der Waals surface area contributed by atoms with E-state index in [1.165, 1.54) is 0 Å². The molecule has 0 saturated carbocycles. The highest BCUT2D eigenvalue weighted by Crippen LogP contribution is 2.43. The molecule has 7 rings (SSSR count). The van der Waals surface area contributed by atoms with Crippen molar-refractivity contribution in [1.29, 1.82) is 0 Å². The molecule has 0 amide bonds. The van der Waals surface area contributed by atoms with Crippen LogP contribution >= 0.6 is 15.9 Å². The van der Waals surface area contributed by atoms with E-state index in [4.69, 9.17) is 33.0 Å². The topological polar surface area (TPSA) is 128 Å². The maximum atomic E-state index is 9.23. The van der Waals surface area contributed by atoms with Gasteiger partial charge >= 0.3 is 21.1 Å². The van der Waals surface area contributed by atoms with Crippen LogP contribution in [0.15, 0.2) is 41.1 Å². The molecule has 0 spiro atoms. The van der Waals surface area contributed by atoms with Crippen LogP contribution in [0.4, 0.5) is 11.6 Å². The quantitative estimate of drug-likeness (QED) is 0.337. The fourth-order valence-corrected chi connectivity index (χ4v) is 7.18.